The first kappa shape index (κ1) is 17.5. The number of aliphatic hydroxyl groups is 1. The van der Waals surface area contributed by atoms with Gasteiger partial charge in [-0.1, -0.05) is 5.18 Å². The molecule has 0 radical (unpaired) electrons. The average Bonchev–Trinajstić information content (AvgIpc) is 2.42. The van der Waals surface area contributed by atoms with Crippen LogP contribution >= 0.6 is 0 Å². The predicted octanol–water partition coefficient (Wildman–Crippen LogP) is 2.16. The number of ether oxygens (including phenoxy) is 2. The highest BCUT2D eigenvalue weighted by Crippen LogP contribution is 2.20. The fourth-order valence-corrected chi connectivity index (χ4v) is 1.24. The summed E-state index contributed by atoms with van der Waals surface area (Å²) in [5.74, 6) is 0.278. The van der Waals surface area contributed by atoms with E-state index in [2.05, 4.69) is 5.18 Å². The number of benzene rings is 1. The second kappa shape index (κ2) is 11.6. The summed E-state index contributed by atoms with van der Waals surface area (Å²) in [6, 6.07) is 4.28. The minimum Gasteiger partial charge on any atom is -0.491 e. The number of methoxy groups -OCH3 is 1. The van der Waals surface area contributed by atoms with E-state index in [1.165, 1.54) is 12.1 Å². The molecule has 1 aromatic carbocycles. The van der Waals surface area contributed by atoms with Crippen molar-refractivity contribution in [2.45, 2.75) is 13.3 Å². The normalized spacial score (nSPS) is 9.47. The van der Waals surface area contributed by atoms with Gasteiger partial charge in [-0.15, -0.1) is 0 Å². The molecule has 0 fully saturated rings. The van der Waals surface area contributed by atoms with Crippen LogP contribution < -0.4 is 4.74 Å². The number of nitroso groups, excluding NO2 is 1. The molecule has 0 amide bonds. The zero-order valence-electron chi connectivity index (χ0n) is 11.3. The fourth-order valence-electron chi connectivity index (χ4n) is 1.24. The van der Waals surface area contributed by atoms with Gasteiger partial charge in [-0.2, -0.15) is 4.91 Å². The van der Waals surface area contributed by atoms with Crippen LogP contribution in [0.25, 0.3) is 0 Å². The van der Waals surface area contributed by atoms with E-state index in [9.17, 15) is 4.39 Å². The lowest BCUT2D eigenvalue weighted by Gasteiger charge is -2.10. The monoisotopic (exact) mass is 273 g/mol. The van der Waals surface area contributed by atoms with Crippen LogP contribution in [0.4, 0.5) is 4.39 Å². The van der Waals surface area contributed by atoms with E-state index in [0.717, 1.165) is 0 Å². The molecule has 0 spiro atoms. The second-order valence-corrected chi connectivity index (χ2v) is 3.51. The third-order valence-electron chi connectivity index (χ3n) is 2.08. The molecule has 0 bridgehead atoms. The Labute approximate surface area is 112 Å². The van der Waals surface area contributed by atoms with Crippen molar-refractivity contribution >= 4 is 0 Å². The Kier molecular flexibility index (Phi) is 10.6. The van der Waals surface area contributed by atoms with Gasteiger partial charge in [0.1, 0.15) is 18.2 Å². The SMILES string of the molecule is CCN=O.COCCOc1ccc(F)cc1CCO. The van der Waals surface area contributed by atoms with Crippen molar-refractivity contribution < 1.29 is 19.0 Å². The molecule has 0 aromatic heterocycles. The Balaban J connectivity index is 0.000000711. The molecule has 1 aromatic rings. The summed E-state index contributed by atoms with van der Waals surface area (Å²) in [6.07, 6.45) is 0.389. The molecule has 0 unspecified atom stereocenters. The highest BCUT2D eigenvalue weighted by Gasteiger charge is 2.04. The van der Waals surface area contributed by atoms with Crippen molar-refractivity contribution in [3.8, 4) is 5.75 Å². The fraction of sp³-hybridized carbons (Fsp3) is 0.538. The standard InChI is InChI=1S/C11H15FO3.C2H5NO/c1-14-6-7-15-11-3-2-10(12)8-9(11)4-5-13;1-2-3-4/h2-3,8,13H,4-7H2,1H3;2H2,1H3. The van der Waals surface area contributed by atoms with E-state index in [1.54, 1.807) is 20.1 Å². The molecule has 0 saturated heterocycles. The molecule has 0 aliphatic rings. The van der Waals surface area contributed by atoms with Gasteiger partial charge >= 0.3 is 0 Å². The Bertz CT molecular complexity index is 360. The maximum absolute atomic E-state index is 12.9. The summed E-state index contributed by atoms with van der Waals surface area (Å²) in [4.78, 5) is 8.92. The van der Waals surface area contributed by atoms with E-state index in [0.29, 0.717) is 37.5 Å². The molecule has 0 saturated carbocycles. The van der Waals surface area contributed by atoms with Crippen molar-refractivity contribution in [2.24, 2.45) is 5.18 Å². The van der Waals surface area contributed by atoms with Crippen molar-refractivity contribution in [3.63, 3.8) is 0 Å². The van der Waals surface area contributed by atoms with Crippen LogP contribution in [0.3, 0.4) is 0 Å². The lowest BCUT2D eigenvalue weighted by Crippen LogP contribution is -2.06. The van der Waals surface area contributed by atoms with Gasteiger partial charge in [0.15, 0.2) is 0 Å². The highest BCUT2D eigenvalue weighted by atomic mass is 19.1. The van der Waals surface area contributed by atoms with Crippen LogP contribution in [0.2, 0.25) is 0 Å². The summed E-state index contributed by atoms with van der Waals surface area (Å²) in [7, 11) is 1.59. The molecule has 19 heavy (non-hydrogen) atoms. The van der Waals surface area contributed by atoms with E-state index in [1.807, 2.05) is 0 Å². The number of rotatable bonds is 7. The quantitative estimate of drug-likeness (QED) is 0.610. The highest BCUT2D eigenvalue weighted by molar-refractivity contribution is 5.34. The molecule has 0 aliphatic heterocycles. The molecule has 6 heteroatoms. The Morgan fingerprint density at radius 3 is 2.58 bits per heavy atom. The molecule has 1 rings (SSSR count). The Hall–Kier alpha value is -1.53. The van der Waals surface area contributed by atoms with E-state index in [-0.39, 0.29) is 12.4 Å². The first-order chi connectivity index (χ1) is 9.19. The number of aliphatic hydroxyl groups excluding tert-OH is 1. The molecule has 0 heterocycles. The number of halogens is 1. The Morgan fingerprint density at radius 1 is 1.37 bits per heavy atom. The molecule has 0 atom stereocenters. The third-order valence-corrected chi connectivity index (χ3v) is 2.08. The van der Waals surface area contributed by atoms with Crippen molar-refractivity contribution in [2.75, 3.05) is 33.5 Å². The summed E-state index contributed by atoms with van der Waals surface area (Å²) in [5, 5.41) is 11.3. The molecule has 108 valence electrons. The first-order valence-corrected chi connectivity index (χ1v) is 5.99. The third kappa shape index (κ3) is 8.23. The molecule has 1 N–H and O–H groups in total. The van der Waals surface area contributed by atoms with Gasteiger partial charge in [0, 0.05) is 13.7 Å². The lowest BCUT2D eigenvalue weighted by molar-refractivity contribution is 0.145. The van der Waals surface area contributed by atoms with Crippen molar-refractivity contribution in [1.82, 2.24) is 0 Å². The van der Waals surface area contributed by atoms with Crippen molar-refractivity contribution in [3.05, 3.63) is 34.5 Å². The molecule has 0 aliphatic carbocycles. The maximum atomic E-state index is 12.9. The van der Waals surface area contributed by atoms with Crippen LogP contribution in [-0.2, 0) is 11.2 Å². The molecular weight excluding hydrogens is 253 g/mol. The van der Waals surface area contributed by atoms with Gasteiger partial charge in [-0.3, -0.25) is 0 Å². The zero-order valence-corrected chi connectivity index (χ0v) is 11.3. The van der Waals surface area contributed by atoms with Gasteiger partial charge in [-0.05, 0) is 37.1 Å². The van der Waals surface area contributed by atoms with Gasteiger partial charge in [-0.25, -0.2) is 4.39 Å². The zero-order chi connectivity index (χ0) is 14.5. The number of hydrogen-bond donors (Lipinski definition) is 1. The minimum atomic E-state index is -0.322. The summed E-state index contributed by atoms with van der Waals surface area (Å²) >= 11 is 0. The van der Waals surface area contributed by atoms with E-state index < -0.39 is 0 Å². The van der Waals surface area contributed by atoms with Gasteiger partial charge < -0.3 is 14.6 Å². The number of nitrogens with zero attached hydrogens (tertiary/aromatic N) is 1. The predicted molar refractivity (Wildman–Crippen MR) is 70.9 cm³/mol. The van der Waals surface area contributed by atoms with Crippen LogP contribution in [0, 0.1) is 10.7 Å². The van der Waals surface area contributed by atoms with Gasteiger partial charge in [0.2, 0.25) is 0 Å². The summed E-state index contributed by atoms with van der Waals surface area (Å²) in [5.41, 5.74) is 0.675. The van der Waals surface area contributed by atoms with Crippen LogP contribution in [0.5, 0.6) is 5.75 Å². The van der Waals surface area contributed by atoms with E-state index >= 15 is 0 Å². The topological polar surface area (TPSA) is 68.1 Å². The Morgan fingerprint density at radius 2 is 2.05 bits per heavy atom. The largest absolute Gasteiger partial charge is 0.491 e. The summed E-state index contributed by atoms with van der Waals surface area (Å²) in [6.45, 7) is 2.97. The van der Waals surface area contributed by atoms with Crippen LogP contribution in [0.1, 0.15) is 12.5 Å². The van der Waals surface area contributed by atoms with Gasteiger partial charge in [0.05, 0.1) is 13.2 Å². The second-order valence-electron chi connectivity index (χ2n) is 3.51. The smallest absolute Gasteiger partial charge is 0.123 e. The van der Waals surface area contributed by atoms with E-state index in [4.69, 9.17) is 19.5 Å². The minimum absolute atomic E-state index is 0.0237. The summed E-state index contributed by atoms with van der Waals surface area (Å²) < 4.78 is 23.1. The van der Waals surface area contributed by atoms with Crippen molar-refractivity contribution in [1.29, 1.82) is 0 Å². The molecule has 5 nitrogen and oxygen atoms in total. The van der Waals surface area contributed by atoms with Gasteiger partial charge in [0.25, 0.3) is 0 Å². The number of hydrogen-bond acceptors (Lipinski definition) is 5. The average molecular weight is 273 g/mol. The maximum Gasteiger partial charge on any atom is 0.123 e. The lowest BCUT2D eigenvalue weighted by atomic mass is 10.1. The first-order valence-electron chi connectivity index (χ1n) is 5.99. The van der Waals surface area contributed by atoms with Crippen LogP contribution in [-0.4, -0.2) is 38.6 Å². The van der Waals surface area contributed by atoms with Crippen LogP contribution in [0.15, 0.2) is 23.4 Å². The molecular formula is C13H20FNO4.